The van der Waals surface area contributed by atoms with Crippen molar-refractivity contribution in [2.45, 2.75) is 12.5 Å². The van der Waals surface area contributed by atoms with Gasteiger partial charge in [0.05, 0.1) is 0 Å². The number of nitrogens with one attached hydrogen (secondary N) is 1. The number of carbonyl (C=O) groups excluding carboxylic acids is 1. The van der Waals surface area contributed by atoms with Gasteiger partial charge >= 0.3 is 0 Å². The maximum Gasteiger partial charge on any atom is 0.263 e. The van der Waals surface area contributed by atoms with Crippen LogP contribution >= 0.6 is 12.2 Å². The Labute approximate surface area is 138 Å². The largest absolute Gasteiger partial charge is 0.508 e. The monoisotopic (exact) mass is 330 g/mol. The van der Waals surface area contributed by atoms with Gasteiger partial charge < -0.3 is 10.4 Å². The standard InChI is InChI=1S/C17H15FN2O2S/c1-10-9-12(5-8-14(10)18)17(11-3-6-13(21)7-4-11)15(22)20(2)16(23)19-17/h3-9,21H,1-2H3,(H,19,23). The first-order chi connectivity index (χ1) is 10.9. The number of phenolic OH excluding ortho intramolecular Hbond substituents is 1. The zero-order chi connectivity index (χ0) is 16.8. The molecule has 0 saturated carbocycles. The number of aromatic hydroxyl groups is 1. The van der Waals surface area contributed by atoms with Gasteiger partial charge in [-0.05, 0) is 60.1 Å². The first kappa shape index (κ1) is 15.4. The summed E-state index contributed by atoms with van der Waals surface area (Å²) in [6.45, 7) is 1.64. The van der Waals surface area contributed by atoms with Crippen molar-refractivity contribution >= 4 is 23.2 Å². The zero-order valence-corrected chi connectivity index (χ0v) is 13.4. The molecule has 1 heterocycles. The molecule has 2 N–H and O–H groups in total. The molecule has 0 bridgehead atoms. The van der Waals surface area contributed by atoms with Gasteiger partial charge in [0.2, 0.25) is 0 Å². The molecule has 1 atom stereocenters. The highest BCUT2D eigenvalue weighted by atomic mass is 32.1. The van der Waals surface area contributed by atoms with Crippen molar-refractivity contribution in [3.8, 4) is 5.75 Å². The van der Waals surface area contributed by atoms with Gasteiger partial charge in [-0.1, -0.05) is 18.2 Å². The lowest BCUT2D eigenvalue weighted by Gasteiger charge is -2.28. The van der Waals surface area contributed by atoms with Gasteiger partial charge in [-0.25, -0.2) is 4.39 Å². The molecule has 1 saturated heterocycles. The van der Waals surface area contributed by atoms with E-state index < -0.39 is 5.54 Å². The number of carbonyl (C=O) groups is 1. The molecule has 1 aliphatic rings. The van der Waals surface area contributed by atoms with Crippen LogP contribution in [0.3, 0.4) is 0 Å². The number of halogens is 1. The zero-order valence-electron chi connectivity index (χ0n) is 12.6. The molecule has 2 aromatic rings. The number of aryl methyl sites for hydroxylation is 1. The Hall–Kier alpha value is -2.47. The summed E-state index contributed by atoms with van der Waals surface area (Å²) in [5.41, 5.74) is 0.436. The Morgan fingerprint density at radius 1 is 1.17 bits per heavy atom. The third-order valence-electron chi connectivity index (χ3n) is 4.12. The van der Waals surface area contributed by atoms with Crippen molar-refractivity contribution in [2.75, 3.05) is 7.05 Å². The number of hydrogen-bond acceptors (Lipinski definition) is 3. The van der Waals surface area contributed by atoms with Crippen molar-refractivity contribution in [1.29, 1.82) is 0 Å². The molecule has 23 heavy (non-hydrogen) atoms. The van der Waals surface area contributed by atoms with E-state index in [4.69, 9.17) is 12.2 Å². The highest BCUT2D eigenvalue weighted by Gasteiger charge is 2.50. The van der Waals surface area contributed by atoms with Crippen LogP contribution in [0.4, 0.5) is 4.39 Å². The van der Waals surface area contributed by atoms with Crippen LogP contribution in [0.1, 0.15) is 16.7 Å². The van der Waals surface area contributed by atoms with Gasteiger partial charge in [-0.3, -0.25) is 9.69 Å². The van der Waals surface area contributed by atoms with Crippen LogP contribution in [0, 0.1) is 12.7 Å². The molecule has 0 spiro atoms. The normalized spacial score (nSPS) is 20.7. The Morgan fingerprint density at radius 2 is 1.78 bits per heavy atom. The van der Waals surface area contributed by atoms with Crippen LogP contribution in [0.25, 0.3) is 0 Å². The average Bonchev–Trinajstić information content (AvgIpc) is 2.76. The summed E-state index contributed by atoms with van der Waals surface area (Å²) in [4.78, 5) is 14.3. The molecule has 0 aliphatic carbocycles. The number of hydrogen-bond donors (Lipinski definition) is 2. The average molecular weight is 330 g/mol. The van der Waals surface area contributed by atoms with E-state index in [0.29, 0.717) is 21.8 Å². The van der Waals surface area contributed by atoms with E-state index >= 15 is 0 Å². The minimum Gasteiger partial charge on any atom is -0.508 e. The molecule has 1 aliphatic heterocycles. The fraction of sp³-hybridized carbons (Fsp3) is 0.176. The topological polar surface area (TPSA) is 52.6 Å². The maximum absolute atomic E-state index is 13.6. The molecule has 1 unspecified atom stereocenters. The second-order valence-corrected chi connectivity index (χ2v) is 5.94. The van der Waals surface area contributed by atoms with E-state index in [1.54, 1.807) is 38.2 Å². The lowest BCUT2D eigenvalue weighted by molar-refractivity contribution is -0.129. The highest BCUT2D eigenvalue weighted by Crippen LogP contribution is 2.36. The third-order valence-corrected chi connectivity index (χ3v) is 4.49. The summed E-state index contributed by atoms with van der Waals surface area (Å²) in [6, 6.07) is 10.9. The molecule has 2 aromatic carbocycles. The fourth-order valence-corrected chi connectivity index (χ4v) is 3.02. The molecule has 4 nitrogen and oxygen atoms in total. The number of likely N-dealkylation sites (N-methyl/N-ethyl adjacent to an activating group) is 1. The van der Waals surface area contributed by atoms with Gasteiger partial charge in [0.25, 0.3) is 5.91 Å². The second-order valence-electron chi connectivity index (χ2n) is 5.56. The summed E-state index contributed by atoms with van der Waals surface area (Å²) in [6.07, 6.45) is 0. The Morgan fingerprint density at radius 3 is 2.30 bits per heavy atom. The van der Waals surface area contributed by atoms with Crippen molar-refractivity contribution in [3.63, 3.8) is 0 Å². The predicted octanol–water partition coefficient (Wildman–Crippen LogP) is 2.43. The minimum atomic E-state index is -1.22. The van der Waals surface area contributed by atoms with Gasteiger partial charge in [0.15, 0.2) is 10.7 Å². The summed E-state index contributed by atoms with van der Waals surface area (Å²) in [5.74, 6) is -0.490. The molecule has 1 amide bonds. The van der Waals surface area contributed by atoms with Gasteiger partial charge in [-0.15, -0.1) is 0 Å². The van der Waals surface area contributed by atoms with Crippen molar-refractivity contribution < 1.29 is 14.3 Å². The van der Waals surface area contributed by atoms with Crippen LogP contribution in [0.2, 0.25) is 0 Å². The molecule has 0 aromatic heterocycles. The van der Waals surface area contributed by atoms with E-state index in [1.165, 1.54) is 23.1 Å². The number of benzene rings is 2. The van der Waals surface area contributed by atoms with Gasteiger partial charge in [-0.2, -0.15) is 0 Å². The summed E-state index contributed by atoms with van der Waals surface area (Å²) < 4.78 is 13.6. The predicted molar refractivity (Wildman–Crippen MR) is 88.5 cm³/mol. The maximum atomic E-state index is 13.6. The Bertz CT molecular complexity index is 807. The second kappa shape index (κ2) is 5.31. The van der Waals surface area contributed by atoms with Crippen LogP contribution < -0.4 is 5.32 Å². The number of thiocarbonyl (C=S) groups is 1. The Kier molecular flexibility index (Phi) is 3.56. The first-order valence-corrected chi connectivity index (χ1v) is 7.43. The summed E-state index contributed by atoms with van der Waals surface area (Å²) >= 11 is 5.22. The minimum absolute atomic E-state index is 0.0977. The van der Waals surface area contributed by atoms with Crippen molar-refractivity contribution in [1.82, 2.24) is 10.2 Å². The molecular weight excluding hydrogens is 315 g/mol. The van der Waals surface area contributed by atoms with Crippen molar-refractivity contribution in [3.05, 3.63) is 65.0 Å². The van der Waals surface area contributed by atoms with E-state index in [1.807, 2.05) is 0 Å². The Balaban J connectivity index is 2.26. The molecular formula is C17H15FN2O2S. The van der Waals surface area contributed by atoms with Crippen LogP contribution in [0.15, 0.2) is 42.5 Å². The van der Waals surface area contributed by atoms with Crippen LogP contribution in [0.5, 0.6) is 5.75 Å². The van der Waals surface area contributed by atoms with E-state index in [2.05, 4.69) is 5.32 Å². The van der Waals surface area contributed by atoms with Crippen LogP contribution in [-0.4, -0.2) is 28.1 Å². The van der Waals surface area contributed by atoms with Crippen molar-refractivity contribution in [2.24, 2.45) is 0 Å². The SMILES string of the molecule is Cc1cc(C2(c3ccc(O)cc3)NC(=S)N(C)C2=O)ccc1F. The van der Waals surface area contributed by atoms with Gasteiger partial charge in [0.1, 0.15) is 11.6 Å². The molecule has 6 heteroatoms. The van der Waals surface area contributed by atoms with Gasteiger partial charge in [0, 0.05) is 7.05 Å². The summed E-state index contributed by atoms with van der Waals surface area (Å²) in [5, 5.41) is 12.9. The van der Waals surface area contributed by atoms with E-state index in [0.717, 1.165) is 0 Å². The number of amides is 1. The quantitative estimate of drug-likeness (QED) is 0.831. The fourth-order valence-electron chi connectivity index (χ4n) is 2.79. The lowest BCUT2D eigenvalue weighted by Crippen LogP contribution is -2.45. The number of nitrogens with zero attached hydrogens (tertiary/aromatic N) is 1. The summed E-state index contributed by atoms with van der Waals surface area (Å²) in [7, 11) is 1.59. The van der Waals surface area contributed by atoms with E-state index in [9.17, 15) is 14.3 Å². The number of phenols is 1. The first-order valence-electron chi connectivity index (χ1n) is 7.02. The molecule has 0 radical (unpaired) electrons. The molecule has 1 fully saturated rings. The third kappa shape index (κ3) is 2.26. The molecule has 118 valence electrons. The molecule has 3 rings (SSSR count). The van der Waals surface area contributed by atoms with Crippen LogP contribution in [-0.2, 0) is 10.3 Å². The number of rotatable bonds is 2. The van der Waals surface area contributed by atoms with E-state index in [-0.39, 0.29) is 17.5 Å². The highest BCUT2D eigenvalue weighted by molar-refractivity contribution is 7.80. The lowest BCUT2D eigenvalue weighted by atomic mass is 9.82. The smallest absolute Gasteiger partial charge is 0.263 e.